The molecule has 0 aliphatic rings. The van der Waals surface area contributed by atoms with Crippen LogP contribution in [0.5, 0.6) is 0 Å². The molecule has 0 aliphatic heterocycles. The molecule has 0 bridgehead atoms. The van der Waals surface area contributed by atoms with Gasteiger partial charge < -0.3 is 9.30 Å². The third kappa shape index (κ3) is 4.86. The van der Waals surface area contributed by atoms with Gasteiger partial charge in [0.15, 0.2) is 0 Å². The van der Waals surface area contributed by atoms with Crippen molar-refractivity contribution in [2.24, 2.45) is 0 Å². The number of carbonyl (C=O) groups is 1. The van der Waals surface area contributed by atoms with Gasteiger partial charge >= 0.3 is 0 Å². The Labute approximate surface area is 170 Å². The van der Waals surface area contributed by atoms with Crippen LogP contribution < -0.4 is 5.32 Å². The second-order valence-electron chi connectivity index (χ2n) is 7.79. The third-order valence-electron chi connectivity index (χ3n) is 4.32. The topological polar surface area (TPSA) is 92.8 Å². The molecule has 0 saturated carbocycles. The zero-order valence-corrected chi connectivity index (χ0v) is 18.3. The summed E-state index contributed by atoms with van der Waals surface area (Å²) in [5.41, 5.74) is 2.73. The Morgan fingerprint density at radius 2 is 2.11 bits per heavy atom. The van der Waals surface area contributed by atoms with E-state index in [0.29, 0.717) is 11.7 Å². The SMILES string of the molecule is COCC(C)n1c(C)cc(/C=C(\C#N)C(=O)Nc2nnc(C(C)(C)C)s2)c1C. The van der Waals surface area contributed by atoms with Crippen LogP contribution in [-0.4, -0.2) is 34.4 Å². The molecule has 0 saturated heterocycles. The van der Waals surface area contributed by atoms with Crippen molar-refractivity contribution in [3.8, 4) is 6.07 Å². The molecule has 1 amide bonds. The summed E-state index contributed by atoms with van der Waals surface area (Å²) in [7, 11) is 1.67. The maximum atomic E-state index is 12.6. The summed E-state index contributed by atoms with van der Waals surface area (Å²) in [5, 5.41) is 21.5. The fourth-order valence-electron chi connectivity index (χ4n) is 2.99. The molecule has 1 N–H and O–H groups in total. The number of aromatic nitrogens is 3. The minimum Gasteiger partial charge on any atom is -0.383 e. The van der Waals surface area contributed by atoms with E-state index in [0.717, 1.165) is 22.0 Å². The number of ether oxygens (including phenoxy) is 1. The molecule has 7 nitrogen and oxygen atoms in total. The van der Waals surface area contributed by atoms with Crippen molar-refractivity contribution in [2.45, 2.75) is 53.0 Å². The van der Waals surface area contributed by atoms with Crippen LogP contribution in [0.3, 0.4) is 0 Å². The highest BCUT2D eigenvalue weighted by Gasteiger charge is 2.21. The molecule has 2 aromatic rings. The second kappa shape index (κ2) is 8.67. The van der Waals surface area contributed by atoms with Crippen LogP contribution >= 0.6 is 11.3 Å². The lowest BCUT2D eigenvalue weighted by atomic mass is 9.98. The van der Waals surface area contributed by atoms with Gasteiger partial charge in [0.05, 0.1) is 12.6 Å². The fourth-order valence-corrected chi connectivity index (χ4v) is 3.78. The summed E-state index contributed by atoms with van der Waals surface area (Å²) < 4.78 is 7.39. The predicted octanol–water partition coefficient (Wildman–Crippen LogP) is 4.01. The summed E-state index contributed by atoms with van der Waals surface area (Å²) in [6, 6.07) is 4.11. The molecule has 0 radical (unpaired) electrons. The van der Waals surface area contributed by atoms with Gasteiger partial charge in [-0.05, 0) is 38.5 Å². The molecule has 0 aromatic carbocycles. The van der Waals surface area contributed by atoms with Crippen molar-refractivity contribution in [3.05, 3.63) is 33.6 Å². The number of methoxy groups -OCH3 is 1. The summed E-state index contributed by atoms with van der Waals surface area (Å²) in [5.74, 6) is -0.492. The molecule has 28 heavy (non-hydrogen) atoms. The van der Waals surface area contributed by atoms with Gasteiger partial charge in [0.2, 0.25) is 5.13 Å². The average Bonchev–Trinajstić information content (AvgIpc) is 3.17. The number of hydrogen-bond donors (Lipinski definition) is 1. The van der Waals surface area contributed by atoms with Gasteiger partial charge in [-0.1, -0.05) is 32.1 Å². The molecule has 2 aromatic heterocycles. The maximum absolute atomic E-state index is 12.6. The third-order valence-corrected chi connectivity index (χ3v) is 5.59. The lowest BCUT2D eigenvalue weighted by molar-refractivity contribution is -0.112. The largest absolute Gasteiger partial charge is 0.383 e. The molecular weight excluding hydrogens is 374 g/mol. The Kier molecular flexibility index (Phi) is 6.75. The molecular formula is C20H27N5O2S. The quantitative estimate of drug-likeness (QED) is 0.583. The first-order valence-corrected chi connectivity index (χ1v) is 9.84. The van der Waals surface area contributed by atoms with E-state index in [-0.39, 0.29) is 17.0 Å². The molecule has 0 fully saturated rings. The second-order valence-corrected chi connectivity index (χ2v) is 8.76. The number of nitrogens with one attached hydrogen (secondary N) is 1. The molecule has 2 heterocycles. The van der Waals surface area contributed by atoms with Gasteiger partial charge in [0.25, 0.3) is 5.91 Å². The number of carbonyl (C=O) groups excluding carboxylic acids is 1. The van der Waals surface area contributed by atoms with Gasteiger partial charge in [0, 0.05) is 23.9 Å². The lowest BCUT2D eigenvalue weighted by Gasteiger charge is -2.17. The van der Waals surface area contributed by atoms with E-state index in [1.165, 1.54) is 11.3 Å². The van der Waals surface area contributed by atoms with E-state index < -0.39 is 5.91 Å². The number of rotatable bonds is 6. The summed E-state index contributed by atoms with van der Waals surface area (Å²) in [4.78, 5) is 12.6. The van der Waals surface area contributed by atoms with Crippen LogP contribution in [0.15, 0.2) is 11.6 Å². The van der Waals surface area contributed by atoms with Crippen molar-refractivity contribution in [3.63, 3.8) is 0 Å². The number of nitrogens with zero attached hydrogens (tertiary/aromatic N) is 4. The van der Waals surface area contributed by atoms with Gasteiger partial charge in [-0.2, -0.15) is 5.26 Å². The summed E-state index contributed by atoms with van der Waals surface area (Å²) in [6.07, 6.45) is 1.61. The van der Waals surface area contributed by atoms with Crippen LogP contribution in [0, 0.1) is 25.2 Å². The van der Waals surface area contributed by atoms with E-state index in [9.17, 15) is 10.1 Å². The molecule has 0 spiro atoms. The lowest BCUT2D eigenvalue weighted by Crippen LogP contribution is -2.14. The van der Waals surface area contributed by atoms with Crippen LogP contribution in [0.1, 0.15) is 55.7 Å². The van der Waals surface area contributed by atoms with Crippen molar-refractivity contribution >= 4 is 28.5 Å². The highest BCUT2D eigenvalue weighted by atomic mass is 32.1. The van der Waals surface area contributed by atoms with E-state index in [4.69, 9.17) is 4.74 Å². The maximum Gasteiger partial charge on any atom is 0.268 e. The molecule has 1 atom stereocenters. The van der Waals surface area contributed by atoms with Crippen molar-refractivity contribution in [2.75, 3.05) is 19.0 Å². The van der Waals surface area contributed by atoms with Crippen molar-refractivity contribution in [1.82, 2.24) is 14.8 Å². The van der Waals surface area contributed by atoms with E-state index in [1.54, 1.807) is 13.2 Å². The zero-order valence-electron chi connectivity index (χ0n) is 17.5. The first kappa shape index (κ1) is 21.8. The Bertz CT molecular complexity index is 928. The van der Waals surface area contributed by atoms with E-state index in [1.807, 2.05) is 46.8 Å². The average molecular weight is 402 g/mol. The number of nitriles is 1. The predicted molar refractivity (Wildman–Crippen MR) is 111 cm³/mol. The Hall–Kier alpha value is -2.50. The highest BCUT2D eigenvalue weighted by Crippen LogP contribution is 2.28. The van der Waals surface area contributed by atoms with Crippen LogP contribution in [0.4, 0.5) is 5.13 Å². The smallest absolute Gasteiger partial charge is 0.268 e. The van der Waals surface area contributed by atoms with Crippen LogP contribution in [-0.2, 0) is 14.9 Å². The molecule has 8 heteroatoms. The van der Waals surface area contributed by atoms with Crippen molar-refractivity contribution in [1.29, 1.82) is 5.26 Å². The number of amides is 1. The summed E-state index contributed by atoms with van der Waals surface area (Å²) in [6.45, 7) is 12.7. The Morgan fingerprint density at radius 3 is 2.64 bits per heavy atom. The van der Waals surface area contributed by atoms with E-state index >= 15 is 0 Å². The molecule has 2 rings (SSSR count). The number of anilines is 1. The number of hydrogen-bond acceptors (Lipinski definition) is 6. The Balaban J connectivity index is 2.26. The molecule has 1 unspecified atom stereocenters. The summed E-state index contributed by atoms with van der Waals surface area (Å²) >= 11 is 1.31. The molecule has 150 valence electrons. The fraction of sp³-hybridized carbons (Fsp3) is 0.500. The molecule has 0 aliphatic carbocycles. The van der Waals surface area contributed by atoms with Gasteiger partial charge in [-0.25, -0.2) is 0 Å². The Morgan fingerprint density at radius 1 is 1.43 bits per heavy atom. The van der Waals surface area contributed by atoms with Gasteiger partial charge in [0.1, 0.15) is 16.6 Å². The normalized spacial score (nSPS) is 13.3. The number of aryl methyl sites for hydroxylation is 1. The van der Waals surface area contributed by atoms with E-state index in [2.05, 4.69) is 27.0 Å². The van der Waals surface area contributed by atoms with Crippen LogP contribution in [0.2, 0.25) is 0 Å². The monoisotopic (exact) mass is 401 g/mol. The first-order valence-electron chi connectivity index (χ1n) is 9.03. The first-order chi connectivity index (χ1) is 13.1. The highest BCUT2D eigenvalue weighted by molar-refractivity contribution is 7.15. The van der Waals surface area contributed by atoms with Crippen molar-refractivity contribution < 1.29 is 9.53 Å². The zero-order chi connectivity index (χ0) is 21.1. The standard InChI is InChI=1S/C20H27N5O2S/c1-12-8-15(14(3)25(12)13(2)11-27-7)9-16(10-21)17(26)22-19-24-23-18(28-19)20(4,5)6/h8-9,13H,11H2,1-7H3,(H,22,24,26)/b16-9+. The minimum absolute atomic E-state index is 0.0205. The van der Waals surface area contributed by atoms with Gasteiger partial charge in [-0.15, -0.1) is 10.2 Å². The van der Waals surface area contributed by atoms with Gasteiger partial charge in [-0.3, -0.25) is 10.1 Å². The van der Waals surface area contributed by atoms with Crippen LogP contribution in [0.25, 0.3) is 6.08 Å². The minimum atomic E-state index is -0.492.